The Kier molecular flexibility index (Phi) is 3.89. The second-order valence-electron chi connectivity index (χ2n) is 2.95. The first-order chi connectivity index (χ1) is 6.25. The molecule has 0 saturated carbocycles. The van der Waals surface area contributed by atoms with Crippen molar-refractivity contribution >= 4 is 17.3 Å². The highest BCUT2D eigenvalue weighted by molar-refractivity contribution is 7.07. The molecule has 0 aromatic carbocycles. The van der Waals surface area contributed by atoms with Crippen LogP contribution in [0, 0.1) is 0 Å². The largest absolute Gasteiger partial charge is 0.481 e. The molecule has 1 aromatic rings. The molecule has 0 fully saturated rings. The van der Waals surface area contributed by atoms with Crippen LogP contribution in [-0.4, -0.2) is 16.1 Å². The summed E-state index contributed by atoms with van der Waals surface area (Å²) < 4.78 is 0. The first-order valence-electron chi connectivity index (χ1n) is 4.36. The average molecular weight is 199 g/mol. The lowest BCUT2D eigenvalue weighted by molar-refractivity contribution is -0.139. The van der Waals surface area contributed by atoms with Crippen LogP contribution >= 0.6 is 11.3 Å². The number of carboxylic acid groups (broad SMARTS) is 1. The van der Waals surface area contributed by atoms with Crippen molar-refractivity contribution in [2.24, 2.45) is 0 Å². The lowest BCUT2D eigenvalue weighted by Gasteiger charge is -2.07. The molecule has 0 aliphatic carbocycles. The van der Waals surface area contributed by atoms with E-state index in [0.29, 0.717) is 12.1 Å². The van der Waals surface area contributed by atoms with Gasteiger partial charge in [0.05, 0.1) is 17.1 Å². The predicted octanol–water partition coefficient (Wildman–Crippen LogP) is 2.50. The summed E-state index contributed by atoms with van der Waals surface area (Å²) in [6, 6.07) is 0. The highest BCUT2D eigenvalue weighted by Crippen LogP contribution is 2.21. The maximum atomic E-state index is 10.9. The third-order valence-corrected chi connectivity index (χ3v) is 2.56. The van der Waals surface area contributed by atoms with Crippen LogP contribution in [0.5, 0.6) is 0 Å². The Labute approximate surface area is 81.4 Å². The van der Waals surface area contributed by atoms with Gasteiger partial charge in [-0.15, -0.1) is 11.3 Å². The van der Waals surface area contributed by atoms with E-state index in [-0.39, 0.29) is 0 Å². The van der Waals surface area contributed by atoms with Crippen molar-refractivity contribution in [3.05, 3.63) is 16.6 Å². The van der Waals surface area contributed by atoms with Crippen LogP contribution in [0.2, 0.25) is 0 Å². The number of unbranched alkanes of at least 4 members (excludes halogenated alkanes) is 1. The highest BCUT2D eigenvalue weighted by atomic mass is 32.1. The smallest absolute Gasteiger partial charge is 0.312 e. The van der Waals surface area contributed by atoms with E-state index < -0.39 is 11.9 Å². The molecule has 3 nitrogen and oxygen atoms in total. The second kappa shape index (κ2) is 4.97. The molecule has 0 aliphatic heterocycles. The summed E-state index contributed by atoms with van der Waals surface area (Å²) in [6.07, 6.45) is 2.65. The molecular weight excluding hydrogens is 186 g/mol. The Morgan fingerprint density at radius 3 is 3.00 bits per heavy atom. The standard InChI is InChI=1S/C9H13NO2S/c1-2-3-4-7(9(11)12)8-5-13-6-10-8/h5-7H,2-4H2,1H3,(H,11,12). The molecule has 0 radical (unpaired) electrons. The zero-order chi connectivity index (χ0) is 9.68. The van der Waals surface area contributed by atoms with Crippen LogP contribution in [0.1, 0.15) is 37.8 Å². The van der Waals surface area contributed by atoms with Crippen molar-refractivity contribution in [1.82, 2.24) is 4.98 Å². The number of hydrogen-bond donors (Lipinski definition) is 1. The van der Waals surface area contributed by atoms with Gasteiger partial charge in [-0.3, -0.25) is 4.79 Å². The Balaban J connectivity index is 2.63. The third-order valence-electron chi connectivity index (χ3n) is 1.95. The molecule has 13 heavy (non-hydrogen) atoms. The normalized spacial score (nSPS) is 12.7. The number of thiazole rings is 1. The van der Waals surface area contributed by atoms with E-state index in [4.69, 9.17) is 5.11 Å². The maximum absolute atomic E-state index is 10.9. The number of carbonyl (C=O) groups is 1. The van der Waals surface area contributed by atoms with E-state index in [9.17, 15) is 4.79 Å². The van der Waals surface area contributed by atoms with Gasteiger partial charge in [0.2, 0.25) is 0 Å². The van der Waals surface area contributed by atoms with E-state index in [1.807, 2.05) is 5.38 Å². The number of rotatable bonds is 5. The van der Waals surface area contributed by atoms with Gasteiger partial charge in [-0.2, -0.15) is 0 Å². The molecule has 4 heteroatoms. The van der Waals surface area contributed by atoms with E-state index in [1.165, 1.54) is 11.3 Å². The molecule has 0 saturated heterocycles. The van der Waals surface area contributed by atoms with Crippen molar-refractivity contribution in [2.75, 3.05) is 0 Å². The first kappa shape index (κ1) is 10.2. The minimum atomic E-state index is -0.764. The number of nitrogens with zero attached hydrogens (tertiary/aromatic N) is 1. The molecular formula is C9H13NO2S. The van der Waals surface area contributed by atoms with Crippen molar-refractivity contribution in [2.45, 2.75) is 32.1 Å². The van der Waals surface area contributed by atoms with Crippen molar-refractivity contribution in [1.29, 1.82) is 0 Å². The van der Waals surface area contributed by atoms with Gasteiger partial charge >= 0.3 is 5.97 Å². The van der Waals surface area contributed by atoms with Gasteiger partial charge in [-0.05, 0) is 6.42 Å². The van der Waals surface area contributed by atoms with Crippen LogP contribution in [-0.2, 0) is 4.79 Å². The van der Waals surface area contributed by atoms with Crippen molar-refractivity contribution in [3.63, 3.8) is 0 Å². The van der Waals surface area contributed by atoms with E-state index in [2.05, 4.69) is 11.9 Å². The van der Waals surface area contributed by atoms with E-state index >= 15 is 0 Å². The molecule has 1 rings (SSSR count). The summed E-state index contributed by atoms with van der Waals surface area (Å²) in [4.78, 5) is 14.9. The number of aliphatic carboxylic acids is 1. The summed E-state index contributed by atoms with van der Waals surface area (Å²) >= 11 is 1.44. The predicted molar refractivity (Wildman–Crippen MR) is 52.0 cm³/mol. The van der Waals surface area contributed by atoms with Crippen LogP contribution in [0.3, 0.4) is 0 Å². The second-order valence-corrected chi connectivity index (χ2v) is 3.67. The van der Waals surface area contributed by atoms with Crippen molar-refractivity contribution in [3.8, 4) is 0 Å². The average Bonchev–Trinajstić information content (AvgIpc) is 2.57. The fourth-order valence-electron chi connectivity index (χ4n) is 1.20. The highest BCUT2D eigenvalue weighted by Gasteiger charge is 2.20. The van der Waals surface area contributed by atoms with E-state index in [1.54, 1.807) is 5.51 Å². The van der Waals surface area contributed by atoms with Gasteiger partial charge in [-0.1, -0.05) is 19.8 Å². The van der Waals surface area contributed by atoms with Crippen LogP contribution in [0.4, 0.5) is 0 Å². The Morgan fingerprint density at radius 2 is 2.54 bits per heavy atom. The first-order valence-corrected chi connectivity index (χ1v) is 5.31. The minimum absolute atomic E-state index is 0.411. The van der Waals surface area contributed by atoms with Crippen LogP contribution in [0.25, 0.3) is 0 Å². The summed E-state index contributed by atoms with van der Waals surface area (Å²) in [5, 5.41) is 10.8. The van der Waals surface area contributed by atoms with Gasteiger partial charge < -0.3 is 5.11 Å². The van der Waals surface area contributed by atoms with Gasteiger partial charge in [0.1, 0.15) is 0 Å². The molecule has 1 heterocycles. The summed E-state index contributed by atoms with van der Waals surface area (Å²) in [5.74, 6) is -1.18. The Bertz CT molecular complexity index is 259. The molecule has 72 valence electrons. The zero-order valence-electron chi connectivity index (χ0n) is 7.56. The number of aromatic nitrogens is 1. The summed E-state index contributed by atoms with van der Waals surface area (Å²) in [7, 11) is 0. The van der Waals surface area contributed by atoms with Gasteiger partial charge in [-0.25, -0.2) is 4.98 Å². The topological polar surface area (TPSA) is 50.2 Å². The van der Waals surface area contributed by atoms with Gasteiger partial charge in [0.25, 0.3) is 0 Å². The molecule has 0 bridgehead atoms. The monoisotopic (exact) mass is 199 g/mol. The van der Waals surface area contributed by atoms with Gasteiger partial charge in [0.15, 0.2) is 0 Å². The number of carboxylic acids is 1. The zero-order valence-corrected chi connectivity index (χ0v) is 8.38. The fraction of sp³-hybridized carbons (Fsp3) is 0.556. The van der Waals surface area contributed by atoms with Crippen molar-refractivity contribution < 1.29 is 9.90 Å². The third kappa shape index (κ3) is 2.81. The molecule has 0 spiro atoms. The Hall–Kier alpha value is -0.900. The fourth-order valence-corrected chi connectivity index (χ4v) is 1.81. The number of hydrogen-bond acceptors (Lipinski definition) is 3. The maximum Gasteiger partial charge on any atom is 0.312 e. The van der Waals surface area contributed by atoms with E-state index in [0.717, 1.165) is 12.8 Å². The lowest BCUT2D eigenvalue weighted by atomic mass is 10.00. The molecule has 1 N–H and O–H groups in total. The summed E-state index contributed by atoms with van der Waals surface area (Å²) in [6.45, 7) is 2.06. The Morgan fingerprint density at radius 1 is 1.77 bits per heavy atom. The van der Waals surface area contributed by atoms with Gasteiger partial charge in [0, 0.05) is 5.38 Å². The van der Waals surface area contributed by atoms with Crippen LogP contribution in [0.15, 0.2) is 10.9 Å². The molecule has 1 atom stereocenters. The lowest BCUT2D eigenvalue weighted by Crippen LogP contribution is -2.11. The molecule has 0 amide bonds. The molecule has 0 aliphatic rings. The minimum Gasteiger partial charge on any atom is -0.481 e. The summed E-state index contributed by atoms with van der Waals surface area (Å²) in [5.41, 5.74) is 2.38. The SMILES string of the molecule is CCCCC(C(=O)O)c1cscn1. The van der Waals surface area contributed by atoms with Crippen LogP contribution < -0.4 is 0 Å². The molecule has 1 aromatic heterocycles. The quantitative estimate of drug-likeness (QED) is 0.792. The molecule has 1 unspecified atom stereocenters.